The molecule has 1 fully saturated rings. The molecule has 2 unspecified atom stereocenters. The molecule has 1 saturated heterocycles. The summed E-state index contributed by atoms with van der Waals surface area (Å²) in [5, 5.41) is 3.42. The van der Waals surface area contributed by atoms with Crippen molar-refractivity contribution in [1.82, 2.24) is 5.32 Å². The van der Waals surface area contributed by atoms with Crippen molar-refractivity contribution >= 4 is 0 Å². The molecular formula is C12H25NO2. The molecule has 1 aliphatic rings. The smallest absolute Gasteiger partial charge is 0.0707 e. The fourth-order valence-corrected chi connectivity index (χ4v) is 1.80. The first-order valence-electron chi connectivity index (χ1n) is 5.96. The Kier molecular flexibility index (Phi) is 5.03. The average molecular weight is 215 g/mol. The van der Waals surface area contributed by atoms with Crippen LogP contribution in [-0.4, -0.2) is 37.5 Å². The number of hydrogen-bond donors (Lipinski definition) is 1. The van der Waals surface area contributed by atoms with E-state index in [0.717, 1.165) is 19.4 Å². The van der Waals surface area contributed by atoms with Gasteiger partial charge in [-0.05, 0) is 47.1 Å². The van der Waals surface area contributed by atoms with Crippen molar-refractivity contribution < 1.29 is 9.47 Å². The van der Waals surface area contributed by atoms with Crippen LogP contribution in [-0.2, 0) is 9.47 Å². The maximum Gasteiger partial charge on any atom is 0.0707 e. The largest absolute Gasteiger partial charge is 0.376 e. The zero-order valence-corrected chi connectivity index (χ0v) is 10.5. The third-order valence-corrected chi connectivity index (χ3v) is 2.55. The van der Waals surface area contributed by atoms with Gasteiger partial charge in [0.25, 0.3) is 0 Å². The lowest BCUT2D eigenvalue weighted by Crippen LogP contribution is -2.39. The highest BCUT2D eigenvalue weighted by Gasteiger charge is 2.18. The van der Waals surface area contributed by atoms with Gasteiger partial charge >= 0.3 is 0 Å². The van der Waals surface area contributed by atoms with Gasteiger partial charge in [0.05, 0.1) is 24.9 Å². The van der Waals surface area contributed by atoms with Crippen LogP contribution in [0.15, 0.2) is 0 Å². The van der Waals surface area contributed by atoms with Crippen LogP contribution in [0, 0.1) is 0 Å². The van der Waals surface area contributed by atoms with Gasteiger partial charge in [0, 0.05) is 6.04 Å². The Bertz CT molecular complexity index is 177. The molecule has 1 aliphatic heterocycles. The molecule has 3 nitrogen and oxygen atoms in total. The highest BCUT2D eigenvalue weighted by atomic mass is 16.5. The van der Waals surface area contributed by atoms with Gasteiger partial charge in [0.15, 0.2) is 0 Å². The van der Waals surface area contributed by atoms with Gasteiger partial charge in [-0.1, -0.05) is 0 Å². The normalized spacial score (nSPS) is 28.0. The van der Waals surface area contributed by atoms with E-state index in [4.69, 9.17) is 9.47 Å². The molecule has 0 bridgehead atoms. The van der Waals surface area contributed by atoms with Crippen LogP contribution in [0.4, 0.5) is 0 Å². The zero-order valence-electron chi connectivity index (χ0n) is 10.5. The molecule has 3 heteroatoms. The quantitative estimate of drug-likeness (QED) is 0.727. The van der Waals surface area contributed by atoms with E-state index in [0.29, 0.717) is 25.4 Å². The van der Waals surface area contributed by atoms with Gasteiger partial charge in [-0.15, -0.1) is 0 Å². The van der Waals surface area contributed by atoms with E-state index in [9.17, 15) is 0 Å². The van der Waals surface area contributed by atoms with Crippen molar-refractivity contribution in [1.29, 1.82) is 0 Å². The maximum absolute atomic E-state index is 5.78. The molecule has 1 heterocycles. The molecule has 0 aliphatic carbocycles. The molecule has 0 aromatic heterocycles. The predicted octanol–water partition coefficient (Wildman–Crippen LogP) is 1.96. The van der Waals surface area contributed by atoms with E-state index in [2.05, 4.69) is 33.0 Å². The summed E-state index contributed by atoms with van der Waals surface area (Å²) in [6, 6.07) is 0.590. The van der Waals surface area contributed by atoms with Gasteiger partial charge < -0.3 is 14.8 Å². The minimum absolute atomic E-state index is 0.0508. The second-order valence-corrected chi connectivity index (χ2v) is 5.33. The summed E-state index contributed by atoms with van der Waals surface area (Å²) in [5.41, 5.74) is -0.0508. The minimum Gasteiger partial charge on any atom is -0.376 e. The van der Waals surface area contributed by atoms with E-state index >= 15 is 0 Å². The number of piperidine rings is 1. The van der Waals surface area contributed by atoms with Crippen LogP contribution in [0.5, 0.6) is 0 Å². The highest BCUT2D eigenvalue weighted by Crippen LogP contribution is 2.12. The Balaban J connectivity index is 2.04. The Morgan fingerprint density at radius 1 is 1.27 bits per heavy atom. The summed E-state index contributed by atoms with van der Waals surface area (Å²) in [5.74, 6) is 0. The summed E-state index contributed by atoms with van der Waals surface area (Å²) in [4.78, 5) is 0. The van der Waals surface area contributed by atoms with Gasteiger partial charge in [-0.3, -0.25) is 0 Å². The number of hydrogen-bond acceptors (Lipinski definition) is 3. The standard InChI is InChI=1S/C12H25NO2/c1-10-9-11(5-6-13-10)14-7-8-15-12(2,3)4/h10-11,13H,5-9H2,1-4H3. The van der Waals surface area contributed by atoms with Gasteiger partial charge in [-0.25, -0.2) is 0 Å². The first-order valence-corrected chi connectivity index (χ1v) is 5.96. The molecule has 1 rings (SSSR count). The van der Waals surface area contributed by atoms with Crippen molar-refractivity contribution in [2.45, 2.75) is 58.3 Å². The van der Waals surface area contributed by atoms with E-state index in [1.165, 1.54) is 0 Å². The third-order valence-electron chi connectivity index (χ3n) is 2.55. The Hall–Kier alpha value is -0.120. The van der Waals surface area contributed by atoms with Crippen molar-refractivity contribution in [3.8, 4) is 0 Å². The van der Waals surface area contributed by atoms with E-state index in [1.54, 1.807) is 0 Å². The summed E-state index contributed by atoms with van der Waals surface area (Å²) < 4.78 is 11.4. The van der Waals surface area contributed by atoms with Crippen molar-refractivity contribution in [3.05, 3.63) is 0 Å². The fourth-order valence-electron chi connectivity index (χ4n) is 1.80. The van der Waals surface area contributed by atoms with Crippen LogP contribution >= 0.6 is 0 Å². The molecule has 0 aromatic carbocycles. The lowest BCUT2D eigenvalue weighted by Gasteiger charge is -2.28. The average Bonchev–Trinajstić information content (AvgIpc) is 2.11. The van der Waals surface area contributed by atoms with Gasteiger partial charge in [0.1, 0.15) is 0 Å². The number of ether oxygens (including phenoxy) is 2. The molecule has 0 amide bonds. The van der Waals surface area contributed by atoms with E-state index in [1.807, 2.05) is 0 Å². The first kappa shape index (κ1) is 12.9. The van der Waals surface area contributed by atoms with Crippen molar-refractivity contribution in [3.63, 3.8) is 0 Å². The van der Waals surface area contributed by atoms with Crippen LogP contribution in [0.3, 0.4) is 0 Å². The summed E-state index contributed by atoms with van der Waals surface area (Å²) in [6.45, 7) is 10.9. The summed E-state index contributed by atoms with van der Waals surface area (Å²) >= 11 is 0. The molecular weight excluding hydrogens is 190 g/mol. The van der Waals surface area contributed by atoms with E-state index in [-0.39, 0.29) is 5.60 Å². The summed E-state index contributed by atoms with van der Waals surface area (Å²) in [6.07, 6.45) is 2.67. The molecule has 2 atom stereocenters. The molecule has 0 spiro atoms. The second kappa shape index (κ2) is 5.83. The Morgan fingerprint density at radius 2 is 2.00 bits per heavy atom. The van der Waals surface area contributed by atoms with Gasteiger partial charge in [-0.2, -0.15) is 0 Å². The highest BCUT2D eigenvalue weighted by molar-refractivity contribution is 4.75. The molecule has 0 radical (unpaired) electrons. The third kappa shape index (κ3) is 6.13. The SMILES string of the molecule is CC1CC(OCCOC(C)(C)C)CCN1. The van der Waals surface area contributed by atoms with Crippen molar-refractivity contribution in [2.24, 2.45) is 0 Å². The van der Waals surface area contributed by atoms with Crippen LogP contribution in [0.2, 0.25) is 0 Å². The van der Waals surface area contributed by atoms with Crippen LogP contribution in [0.25, 0.3) is 0 Å². The van der Waals surface area contributed by atoms with Gasteiger partial charge in [0.2, 0.25) is 0 Å². The predicted molar refractivity (Wildman–Crippen MR) is 62.1 cm³/mol. The molecule has 0 aromatic rings. The monoisotopic (exact) mass is 215 g/mol. The van der Waals surface area contributed by atoms with E-state index < -0.39 is 0 Å². The summed E-state index contributed by atoms with van der Waals surface area (Å²) in [7, 11) is 0. The number of nitrogens with one attached hydrogen (secondary N) is 1. The molecule has 1 N–H and O–H groups in total. The second-order valence-electron chi connectivity index (χ2n) is 5.33. The van der Waals surface area contributed by atoms with Crippen LogP contribution < -0.4 is 5.32 Å². The molecule has 0 saturated carbocycles. The Morgan fingerprint density at radius 3 is 2.60 bits per heavy atom. The van der Waals surface area contributed by atoms with Crippen molar-refractivity contribution in [2.75, 3.05) is 19.8 Å². The molecule has 15 heavy (non-hydrogen) atoms. The Labute approximate surface area is 93.5 Å². The lowest BCUT2D eigenvalue weighted by atomic mass is 10.0. The first-order chi connectivity index (χ1) is 6.97. The van der Waals surface area contributed by atoms with Crippen LogP contribution in [0.1, 0.15) is 40.5 Å². The maximum atomic E-state index is 5.78. The zero-order chi connectivity index (χ0) is 11.3. The lowest BCUT2D eigenvalue weighted by molar-refractivity contribution is -0.0586. The topological polar surface area (TPSA) is 30.5 Å². The molecule has 90 valence electrons. The number of rotatable bonds is 4. The minimum atomic E-state index is -0.0508. The fraction of sp³-hybridized carbons (Fsp3) is 1.00.